The Hall–Kier alpha value is -1.59. The molecule has 1 aromatic rings. The molecule has 0 spiro atoms. The lowest BCUT2D eigenvalue weighted by Crippen LogP contribution is -2.36. The molecular formula is C17H29N3O2. The van der Waals surface area contributed by atoms with Gasteiger partial charge in [0.25, 0.3) is 5.91 Å². The Kier molecular flexibility index (Phi) is 7.91. The molecule has 0 unspecified atom stereocenters. The zero-order chi connectivity index (χ0) is 16.5. The third-order valence-electron chi connectivity index (χ3n) is 3.56. The van der Waals surface area contributed by atoms with Gasteiger partial charge in [-0.1, -0.05) is 12.1 Å². The van der Waals surface area contributed by atoms with Crippen LogP contribution in [0.3, 0.4) is 0 Å². The average molecular weight is 307 g/mol. The third kappa shape index (κ3) is 6.45. The highest BCUT2D eigenvalue weighted by Gasteiger charge is 2.12. The predicted molar refractivity (Wildman–Crippen MR) is 90.6 cm³/mol. The molecule has 0 atom stereocenters. The molecule has 124 valence electrons. The van der Waals surface area contributed by atoms with E-state index in [4.69, 9.17) is 4.74 Å². The Morgan fingerprint density at radius 3 is 2.50 bits per heavy atom. The van der Waals surface area contributed by atoms with E-state index in [1.165, 1.54) is 0 Å². The summed E-state index contributed by atoms with van der Waals surface area (Å²) in [5.74, 6) is 0.552. The minimum Gasteiger partial charge on any atom is -0.491 e. The van der Waals surface area contributed by atoms with Gasteiger partial charge in [-0.2, -0.15) is 0 Å². The van der Waals surface area contributed by atoms with Crippen LogP contribution in [-0.4, -0.2) is 69.1 Å². The molecule has 0 aliphatic heterocycles. The summed E-state index contributed by atoms with van der Waals surface area (Å²) in [6, 6.07) is 7.85. The van der Waals surface area contributed by atoms with E-state index < -0.39 is 0 Å². The van der Waals surface area contributed by atoms with E-state index in [2.05, 4.69) is 31.1 Å². The zero-order valence-corrected chi connectivity index (χ0v) is 14.4. The minimum atomic E-state index is -0.0855. The molecule has 1 aromatic carbocycles. The fourth-order valence-electron chi connectivity index (χ4n) is 1.82. The van der Waals surface area contributed by atoms with Crippen LogP contribution in [0.5, 0.6) is 5.75 Å². The molecule has 5 heteroatoms. The highest BCUT2D eigenvalue weighted by atomic mass is 16.5. The summed E-state index contributed by atoms with van der Waals surface area (Å²) in [5, 5.41) is 2.95. The molecule has 1 rings (SSSR count). The summed E-state index contributed by atoms with van der Waals surface area (Å²) < 4.78 is 5.72. The zero-order valence-electron chi connectivity index (χ0n) is 14.4. The van der Waals surface area contributed by atoms with E-state index >= 15 is 0 Å². The van der Waals surface area contributed by atoms with Crippen LogP contribution in [0.4, 0.5) is 0 Å². The average Bonchev–Trinajstić information content (AvgIpc) is 2.47. The molecule has 0 aromatic heterocycles. The molecule has 0 aliphatic carbocycles. The van der Waals surface area contributed by atoms with Crippen LogP contribution >= 0.6 is 0 Å². The molecule has 0 radical (unpaired) electrons. The van der Waals surface area contributed by atoms with Crippen molar-refractivity contribution in [2.45, 2.75) is 19.9 Å². The monoisotopic (exact) mass is 307 g/mol. The van der Waals surface area contributed by atoms with Crippen molar-refractivity contribution in [3.63, 3.8) is 0 Å². The smallest absolute Gasteiger partial charge is 0.255 e. The van der Waals surface area contributed by atoms with Crippen LogP contribution in [0, 0.1) is 0 Å². The molecule has 22 heavy (non-hydrogen) atoms. The van der Waals surface area contributed by atoms with E-state index in [9.17, 15) is 4.79 Å². The van der Waals surface area contributed by atoms with Crippen LogP contribution in [0.1, 0.15) is 24.2 Å². The molecule has 0 bridgehead atoms. The number of para-hydroxylation sites is 1. The van der Waals surface area contributed by atoms with Gasteiger partial charge in [0.15, 0.2) is 0 Å². The first-order chi connectivity index (χ1) is 10.4. The molecule has 0 fully saturated rings. The van der Waals surface area contributed by atoms with Crippen LogP contribution in [0.2, 0.25) is 0 Å². The number of hydrogen-bond donors (Lipinski definition) is 1. The summed E-state index contributed by atoms with van der Waals surface area (Å²) >= 11 is 0. The van der Waals surface area contributed by atoms with Crippen LogP contribution < -0.4 is 10.1 Å². The van der Waals surface area contributed by atoms with Crippen LogP contribution in [0.15, 0.2) is 24.3 Å². The standard InChI is InChI=1S/C17H29N3O2/c1-14(2)20(5)11-10-18-17(21)15-8-6-7-9-16(15)22-13-12-19(3)4/h6-9,14H,10-13H2,1-5H3,(H,18,21). The van der Waals surface area contributed by atoms with Crippen LogP contribution in [0.25, 0.3) is 0 Å². The molecule has 0 saturated carbocycles. The van der Waals surface area contributed by atoms with Crippen molar-refractivity contribution in [1.29, 1.82) is 0 Å². The van der Waals surface area contributed by atoms with Gasteiger partial charge in [-0.3, -0.25) is 4.79 Å². The first kappa shape index (κ1) is 18.5. The Morgan fingerprint density at radius 1 is 1.18 bits per heavy atom. The second-order valence-electron chi connectivity index (χ2n) is 5.98. The van der Waals surface area contributed by atoms with Gasteiger partial charge in [0.1, 0.15) is 12.4 Å². The predicted octanol–water partition coefficient (Wildman–Crippen LogP) is 1.70. The van der Waals surface area contributed by atoms with Crippen molar-refractivity contribution in [2.24, 2.45) is 0 Å². The SMILES string of the molecule is CC(C)N(C)CCNC(=O)c1ccccc1OCCN(C)C. The Bertz CT molecular complexity index is 461. The van der Waals surface area contributed by atoms with Crippen LogP contribution in [-0.2, 0) is 0 Å². The molecule has 1 N–H and O–H groups in total. The normalized spacial score (nSPS) is 11.3. The lowest BCUT2D eigenvalue weighted by Gasteiger charge is -2.21. The van der Waals surface area contributed by atoms with E-state index in [1.807, 2.05) is 37.2 Å². The summed E-state index contributed by atoms with van der Waals surface area (Å²) in [5.41, 5.74) is 0.591. The van der Waals surface area contributed by atoms with E-state index in [0.717, 1.165) is 13.1 Å². The Labute approximate surface area is 134 Å². The molecular weight excluding hydrogens is 278 g/mol. The number of nitrogens with one attached hydrogen (secondary N) is 1. The maximum atomic E-state index is 12.3. The highest BCUT2D eigenvalue weighted by Crippen LogP contribution is 2.17. The first-order valence-corrected chi connectivity index (χ1v) is 7.76. The number of hydrogen-bond acceptors (Lipinski definition) is 4. The summed E-state index contributed by atoms with van der Waals surface area (Å²) in [7, 11) is 6.04. The molecule has 5 nitrogen and oxygen atoms in total. The van der Waals surface area contributed by atoms with Crippen molar-refractivity contribution in [1.82, 2.24) is 15.1 Å². The lowest BCUT2D eigenvalue weighted by molar-refractivity contribution is 0.0943. The highest BCUT2D eigenvalue weighted by molar-refractivity contribution is 5.96. The number of rotatable bonds is 9. The van der Waals surface area contributed by atoms with Crippen molar-refractivity contribution >= 4 is 5.91 Å². The van der Waals surface area contributed by atoms with E-state index in [1.54, 1.807) is 6.07 Å². The summed E-state index contributed by atoms with van der Waals surface area (Å²) in [6.45, 7) is 7.10. The first-order valence-electron chi connectivity index (χ1n) is 7.76. The lowest BCUT2D eigenvalue weighted by atomic mass is 10.2. The summed E-state index contributed by atoms with van der Waals surface area (Å²) in [4.78, 5) is 16.5. The minimum absolute atomic E-state index is 0.0855. The van der Waals surface area contributed by atoms with Gasteiger partial charge in [0.2, 0.25) is 0 Å². The fourth-order valence-corrected chi connectivity index (χ4v) is 1.82. The second-order valence-corrected chi connectivity index (χ2v) is 5.98. The van der Waals surface area contributed by atoms with E-state index in [-0.39, 0.29) is 5.91 Å². The molecule has 0 heterocycles. The maximum absolute atomic E-state index is 12.3. The number of ether oxygens (including phenoxy) is 1. The second kappa shape index (κ2) is 9.43. The van der Waals surface area contributed by atoms with Gasteiger partial charge in [-0.25, -0.2) is 0 Å². The van der Waals surface area contributed by atoms with Crippen molar-refractivity contribution in [2.75, 3.05) is 47.4 Å². The number of benzene rings is 1. The van der Waals surface area contributed by atoms with Crippen molar-refractivity contribution < 1.29 is 9.53 Å². The fraction of sp³-hybridized carbons (Fsp3) is 0.588. The topological polar surface area (TPSA) is 44.8 Å². The number of carbonyl (C=O) groups is 1. The van der Waals surface area contributed by atoms with Gasteiger partial charge in [-0.05, 0) is 47.1 Å². The number of carbonyl (C=O) groups excluding carboxylic acids is 1. The number of amides is 1. The number of likely N-dealkylation sites (N-methyl/N-ethyl adjacent to an activating group) is 2. The van der Waals surface area contributed by atoms with Crippen molar-refractivity contribution in [3.05, 3.63) is 29.8 Å². The third-order valence-corrected chi connectivity index (χ3v) is 3.56. The molecule has 0 aliphatic rings. The van der Waals surface area contributed by atoms with Crippen molar-refractivity contribution in [3.8, 4) is 5.75 Å². The molecule has 1 amide bonds. The Balaban J connectivity index is 2.54. The van der Waals surface area contributed by atoms with Gasteiger partial charge in [0.05, 0.1) is 5.56 Å². The molecule has 0 saturated heterocycles. The van der Waals surface area contributed by atoms with Gasteiger partial charge in [-0.15, -0.1) is 0 Å². The summed E-state index contributed by atoms with van der Waals surface area (Å²) in [6.07, 6.45) is 0. The largest absolute Gasteiger partial charge is 0.491 e. The maximum Gasteiger partial charge on any atom is 0.255 e. The van der Waals surface area contributed by atoms with Gasteiger partial charge < -0.3 is 19.9 Å². The van der Waals surface area contributed by atoms with E-state index in [0.29, 0.717) is 30.5 Å². The quantitative estimate of drug-likeness (QED) is 0.754. The number of nitrogens with zero attached hydrogens (tertiary/aromatic N) is 2. The van der Waals surface area contributed by atoms with Gasteiger partial charge >= 0.3 is 0 Å². The van der Waals surface area contributed by atoms with Gasteiger partial charge in [0, 0.05) is 25.7 Å². The Morgan fingerprint density at radius 2 is 1.86 bits per heavy atom.